The number of nitrogens with zero attached hydrogens (tertiary/aromatic N) is 2. The van der Waals surface area contributed by atoms with Crippen molar-refractivity contribution in [1.29, 1.82) is 0 Å². The highest BCUT2D eigenvalue weighted by molar-refractivity contribution is 5.85. The van der Waals surface area contributed by atoms with Crippen LogP contribution in [0.15, 0.2) is 18.2 Å². The Bertz CT molecular complexity index is 562. The SMILES string of the molecule is COc1nc(C(C)C)c2cccc(C(C)C)c2n1. The summed E-state index contributed by atoms with van der Waals surface area (Å²) in [6, 6.07) is 6.76. The molecule has 0 aliphatic heterocycles. The Morgan fingerprint density at radius 1 is 1.00 bits per heavy atom. The first kappa shape index (κ1) is 12.8. The van der Waals surface area contributed by atoms with Gasteiger partial charge in [0.05, 0.1) is 18.3 Å². The summed E-state index contributed by atoms with van der Waals surface area (Å²) in [6.45, 7) is 8.64. The van der Waals surface area contributed by atoms with Gasteiger partial charge in [-0.15, -0.1) is 0 Å². The molecule has 0 saturated carbocycles. The molecule has 0 fully saturated rings. The summed E-state index contributed by atoms with van der Waals surface area (Å²) in [4.78, 5) is 9.01. The van der Waals surface area contributed by atoms with Crippen molar-refractivity contribution in [3.8, 4) is 6.01 Å². The van der Waals surface area contributed by atoms with E-state index in [2.05, 4.69) is 55.9 Å². The van der Waals surface area contributed by atoms with Crippen molar-refractivity contribution in [2.75, 3.05) is 7.11 Å². The number of para-hydroxylation sites is 1. The molecule has 1 heterocycles. The quantitative estimate of drug-likeness (QED) is 0.821. The predicted octanol–water partition coefficient (Wildman–Crippen LogP) is 3.89. The van der Waals surface area contributed by atoms with E-state index in [1.54, 1.807) is 7.11 Å². The smallest absolute Gasteiger partial charge is 0.316 e. The van der Waals surface area contributed by atoms with Crippen molar-refractivity contribution in [1.82, 2.24) is 9.97 Å². The van der Waals surface area contributed by atoms with Crippen LogP contribution in [-0.4, -0.2) is 17.1 Å². The van der Waals surface area contributed by atoms with Crippen LogP contribution in [0.3, 0.4) is 0 Å². The second-order valence-electron chi connectivity index (χ2n) is 5.15. The Hall–Kier alpha value is -1.64. The monoisotopic (exact) mass is 244 g/mol. The standard InChI is InChI=1S/C15H20N2O/c1-9(2)11-7-6-8-12-13(10(3)4)16-15(18-5)17-14(11)12/h6-10H,1-5H3. The van der Waals surface area contributed by atoms with E-state index >= 15 is 0 Å². The highest BCUT2D eigenvalue weighted by atomic mass is 16.5. The van der Waals surface area contributed by atoms with Gasteiger partial charge in [-0.2, -0.15) is 9.97 Å². The molecule has 0 unspecified atom stereocenters. The van der Waals surface area contributed by atoms with Crippen LogP contribution in [0.2, 0.25) is 0 Å². The molecule has 0 aliphatic rings. The number of hydrogen-bond donors (Lipinski definition) is 0. The zero-order valence-corrected chi connectivity index (χ0v) is 11.7. The number of methoxy groups -OCH3 is 1. The predicted molar refractivity (Wildman–Crippen MR) is 74.3 cm³/mol. The summed E-state index contributed by atoms with van der Waals surface area (Å²) in [5.41, 5.74) is 3.32. The maximum Gasteiger partial charge on any atom is 0.316 e. The summed E-state index contributed by atoms with van der Waals surface area (Å²) in [5, 5.41) is 1.14. The number of ether oxygens (including phenoxy) is 1. The second-order valence-corrected chi connectivity index (χ2v) is 5.15. The molecule has 0 aliphatic carbocycles. The molecular formula is C15H20N2O. The van der Waals surface area contributed by atoms with Crippen LogP contribution in [0.25, 0.3) is 10.9 Å². The highest BCUT2D eigenvalue weighted by Gasteiger charge is 2.14. The molecule has 3 heteroatoms. The molecule has 1 aromatic carbocycles. The Balaban J connectivity index is 2.81. The molecule has 2 aromatic rings. The summed E-state index contributed by atoms with van der Waals surface area (Å²) in [5.74, 6) is 0.792. The summed E-state index contributed by atoms with van der Waals surface area (Å²) < 4.78 is 5.23. The normalized spacial score (nSPS) is 11.5. The molecule has 0 amide bonds. The van der Waals surface area contributed by atoms with E-state index in [1.165, 1.54) is 5.56 Å². The molecule has 0 radical (unpaired) electrons. The van der Waals surface area contributed by atoms with Crippen molar-refractivity contribution in [2.45, 2.75) is 39.5 Å². The van der Waals surface area contributed by atoms with E-state index in [0.29, 0.717) is 17.8 Å². The molecule has 1 aromatic heterocycles. The average Bonchev–Trinajstić information content (AvgIpc) is 2.36. The molecule has 3 nitrogen and oxygen atoms in total. The van der Waals surface area contributed by atoms with Gasteiger partial charge in [-0.05, 0) is 17.4 Å². The van der Waals surface area contributed by atoms with Gasteiger partial charge in [0, 0.05) is 5.39 Å². The number of hydrogen-bond acceptors (Lipinski definition) is 3. The lowest BCUT2D eigenvalue weighted by Gasteiger charge is -2.14. The molecule has 0 atom stereocenters. The van der Waals surface area contributed by atoms with Crippen LogP contribution in [0.4, 0.5) is 0 Å². The number of aromatic nitrogens is 2. The third kappa shape index (κ3) is 2.17. The first-order valence-corrected chi connectivity index (χ1v) is 6.39. The number of rotatable bonds is 3. The Kier molecular flexibility index (Phi) is 3.50. The third-order valence-corrected chi connectivity index (χ3v) is 3.12. The maximum atomic E-state index is 5.23. The van der Waals surface area contributed by atoms with Crippen LogP contribution in [0, 0.1) is 0 Å². The first-order chi connectivity index (χ1) is 8.54. The van der Waals surface area contributed by atoms with Gasteiger partial charge in [-0.1, -0.05) is 45.9 Å². The highest BCUT2D eigenvalue weighted by Crippen LogP contribution is 2.30. The van der Waals surface area contributed by atoms with Gasteiger partial charge < -0.3 is 4.74 Å². The molecule has 2 rings (SSSR count). The van der Waals surface area contributed by atoms with Crippen LogP contribution in [0.1, 0.15) is 50.8 Å². The fourth-order valence-electron chi connectivity index (χ4n) is 2.17. The minimum absolute atomic E-state index is 0.354. The minimum Gasteiger partial charge on any atom is -0.467 e. The summed E-state index contributed by atoms with van der Waals surface area (Å²) in [6.07, 6.45) is 0. The van der Waals surface area contributed by atoms with Gasteiger partial charge >= 0.3 is 6.01 Å². The fraction of sp³-hybridized carbons (Fsp3) is 0.467. The van der Waals surface area contributed by atoms with Gasteiger partial charge in [-0.25, -0.2) is 0 Å². The maximum absolute atomic E-state index is 5.23. The second kappa shape index (κ2) is 4.92. The van der Waals surface area contributed by atoms with Crippen molar-refractivity contribution in [3.05, 3.63) is 29.5 Å². The molecule has 96 valence electrons. The van der Waals surface area contributed by atoms with E-state index in [-0.39, 0.29) is 0 Å². The van der Waals surface area contributed by atoms with Crippen LogP contribution < -0.4 is 4.74 Å². The van der Waals surface area contributed by atoms with Gasteiger partial charge in [0.2, 0.25) is 0 Å². The first-order valence-electron chi connectivity index (χ1n) is 6.39. The summed E-state index contributed by atoms with van der Waals surface area (Å²) in [7, 11) is 1.61. The van der Waals surface area contributed by atoms with Gasteiger partial charge in [0.25, 0.3) is 0 Å². The van der Waals surface area contributed by atoms with Crippen molar-refractivity contribution in [2.24, 2.45) is 0 Å². The molecule has 0 N–H and O–H groups in total. The van der Waals surface area contributed by atoms with Crippen LogP contribution in [-0.2, 0) is 0 Å². The van der Waals surface area contributed by atoms with Crippen molar-refractivity contribution >= 4 is 10.9 Å². The van der Waals surface area contributed by atoms with E-state index in [0.717, 1.165) is 16.6 Å². The molecular weight excluding hydrogens is 224 g/mol. The van der Waals surface area contributed by atoms with Crippen molar-refractivity contribution < 1.29 is 4.74 Å². The molecule has 0 bridgehead atoms. The minimum atomic E-state index is 0.354. The lowest BCUT2D eigenvalue weighted by Crippen LogP contribution is -2.03. The molecule has 0 spiro atoms. The Labute approximate surface area is 108 Å². The molecule has 18 heavy (non-hydrogen) atoms. The third-order valence-electron chi connectivity index (χ3n) is 3.12. The van der Waals surface area contributed by atoms with E-state index in [1.807, 2.05) is 0 Å². The zero-order valence-electron chi connectivity index (χ0n) is 11.7. The van der Waals surface area contributed by atoms with Gasteiger partial charge in [-0.3, -0.25) is 0 Å². The van der Waals surface area contributed by atoms with Gasteiger partial charge in [0.1, 0.15) is 0 Å². The Morgan fingerprint density at radius 2 is 1.72 bits per heavy atom. The lowest BCUT2D eigenvalue weighted by atomic mass is 9.97. The lowest BCUT2D eigenvalue weighted by molar-refractivity contribution is 0.379. The average molecular weight is 244 g/mol. The van der Waals surface area contributed by atoms with Crippen LogP contribution >= 0.6 is 0 Å². The Morgan fingerprint density at radius 3 is 2.28 bits per heavy atom. The largest absolute Gasteiger partial charge is 0.467 e. The van der Waals surface area contributed by atoms with Crippen molar-refractivity contribution in [3.63, 3.8) is 0 Å². The molecule has 0 saturated heterocycles. The number of benzene rings is 1. The van der Waals surface area contributed by atoms with Crippen LogP contribution in [0.5, 0.6) is 6.01 Å². The van der Waals surface area contributed by atoms with Gasteiger partial charge in [0.15, 0.2) is 0 Å². The topological polar surface area (TPSA) is 35.0 Å². The number of fused-ring (bicyclic) bond motifs is 1. The zero-order chi connectivity index (χ0) is 13.3. The fourth-order valence-corrected chi connectivity index (χ4v) is 2.17. The van der Waals surface area contributed by atoms with E-state index in [9.17, 15) is 0 Å². The van der Waals surface area contributed by atoms with E-state index < -0.39 is 0 Å². The summed E-state index contributed by atoms with van der Waals surface area (Å²) >= 11 is 0. The van der Waals surface area contributed by atoms with E-state index in [4.69, 9.17) is 4.74 Å².